The maximum Gasteiger partial charge on any atom is 0.252 e. The summed E-state index contributed by atoms with van der Waals surface area (Å²) in [5.41, 5.74) is 2.02. The van der Waals surface area contributed by atoms with Crippen molar-refractivity contribution in [3.63, 3.8) is 0 Å². The fraction of sp³-hybridized carbons (Fsp3) is 0.500. The monoisotopic (exact) mass is 271 g/mol. The van der Waals surface area contributed by atoms with Crippen molar-refractivity contribution in [2.24, 2.45) is 0 Å². The average Bonchev–Trinajstić information content (AvgIpc) is 2.41. The molecule has 20 heavy (non-hydrogen) atoms. The van der Waals surface area contributed by atoms with E-state index >= 15 is 0 Å². The summed E-state index contributed by atoms with van der Waals surface area (Å²) in [5, 5.41) is 12.4. The number of nitrogens with zero attached hydrogens (tertiary/aromatic N) is 2. The van der Waals surface area contributed by atoms with Crippen LogP contribution in [0, 0.1) is 25.2 Å². The Balaban J connectivity index is 2.16. The van der Waals surface area contributed by atoms with Gasteiger partial charge >= 0.3 is 0 Å². The molecule has 4 nitrogen and oxygen atoms in total. The minimum Gasteiger partial charge on any atom is -0.334 e. The zero-order valence-electron chi connectivity index (χ0n) is 12.4. The van der Waals surface area contributed by atoms with Gasteiger partial charge in [0.05, 0.1) is 6.07 Å². The molecule has 1 aromatic rings. The zero-order chi connectivity index (χ0) is 14.8. The quantitative estimate of drug-likeness (QED) is 0.895. The highest BCUT2D eigenvalue weighted by Gasteiger charge is 2.35. The summed E-state index contributed by atoms with van der Waals surface area (Å²) in [7, 11) is 2.03. The Hall–Kier alpha value is -1.86. The Labute approximate surface area is 120 Å². The first-order valence-corrected chi connectivity index (χ1v) is 6.95. The molecule has 0 aromatic heterocycles. The van der Waals surface area contributed by atoms with E-state index in [1.54, 1.807) is 0 Å². The second-order valence-corrected chi connectivity index (χ2v) is 5.77. The molecule has 0 saturated carbocycles. The van der Waals surface area contributed by atoms with E-state index in [9.17, 15) is 10.1 Å². The number of piperidine rings is 1. The molecule has 0 unspecified atom stereocenters. The van der Waals surface area contributed by atoms with Crippen LogP contribution in [0.2, 0.25) is 0 Å². The normalized spacial score (nSPS) is 18.3. The van der Waals surface area contributed by atoms with E-state index in [2.05, 4.69) is 16.3 Å². The Kier molecular flexibility index (Phi) is 4.10. The van der Waals surface area contributed by atoms with Crippen molar-refractivity contribution < 1.29 is 4.79 Å². The smallest absolute Gasteiger partial charge is 0.252 e. The summed E-state index contributed by atoms with van der Waals surface area (Å²) >= 11 is 0. The molecule has 1 aliphatic rings. The number of nitriles is 1. The van der Waals surface area contributed by atoms with Gasteiger partial charge in [0.2, 0.25) is 0 Å². The van der Waals surface area contributed by atoms with Crippen LogP contribution in [0.25, 0.3) is 0 Å². The second-order valence-electron chi connectivity index (χ2n) is 5.77. The number of benzene rings is 1. The molecule has 0 bridgehead atoms. The molecule has 0 spiro atoms. The molecule has 1 aliphatic heterocycles. The molecule has 0 radical (unpaired) electrons. The highest BCUT2D eigenvalue weighted by Crippen LogP contribution is 2.22. The van der Waals surface area contributed by atoms with Crippen LogP contribution in [0.5, 0.6) is 0 Å². The van der Waals surface area contributed by atoms with E-state index in [4.69, 9.17) is 0 Å². The van der Waals surface area contributed by atoms with E-state index in [1.165, 1.54) is 0 Å². The van der Waals surface area contributed by atoms with E-state index in [0.717, 1.165) is 24.2 Å². The minimum atomic E-state index is -0.721. The van der Waals surface area contributed by atoms with Crippen LogP contribution in [0.15, 0.2) is 18.2 Å². The number of rotatable bonds is 2. The summed E-state index contributed by atoms with van der Waals surface area (Å²) in [4.78, 5) is 14.6. The topological polar surface area (TPSA) is 56.1 Å². The number of carbonyl (C=O) groups excluding carboxylic acids is 1. The number of hydrogen-bond acceptors (Lipinski definition) is 3. The first-order valence-electron chi connectivity index (χ1n) is 6.95. The second kappa shape index (κ2) is 5.64. The van der Waals surface area contributed by atoms with Gasteiger partial charge in [-0.3, -0.25) is 4.79 Å². The van der Waals surface area contributed by atoms with Crippen LogP contribution in [0.4, 0.5) is 0 Å². The van der Waals surface area contributed by atoms with Gasteiger partial charge in [0.15, 0.2) is 0 Å². The molecule has 1 fully saturated rings. The van der Waals surface area contributed by atoms with Crippen molar-refractivity contribution in [1.82, 2.24) is 10.2 Å². The van der Waals surface area contributed by atoms with Gasteiger partial charge in [-0.2, -0.15) is 5.26 Å². The van der Waals surface area contributed by atoms with Crippen LogP contribution in [-0.4, -0.2) is 36.5 Å². The van der Waals surface area contributed by atoms with E-state index in [1.807, 2.05) is 39.1 Å². The third-order valence-corrected chi connectivity index (χ3v) is 4.03. The Bertz CT molecular complexity index is 551. The fourth-order valence-electron chi connectivity index (χ4n) is 2.62. The maximum absolute atomic E-state index is 12.4. The lowest BCUT2D eigenvalue weighted by Crippen LogP contribution is -2.53. The fourth-order valence-corrected chi connectivity index (χ4v) is 2.62. The van der Waals surface area contributed by atoms with E-state index in [-0.39, 0.29) is 5.91 Å². The highest BCUT2D eigenvalue weighted by atomic mass is 16.1. The van der Waals surface area contributed by atoms with Crippen molar-refractivity contribution in [3.05, 3.63) is 34.9 Å². The maximum atomic E-state index is 12.4. The van der Waals surface area contributed by atoms with E-state index in [0.29, 0.717) is 18.4 Å². The van der Waals surface area contributed by atoms with Crippen molar-refractivity contribution in [3.8, 4) is 6.07 Å². The standard InChI is InChI=1S/C16H21N3O/c1-12-4-5-14(13(2)10-12)15(20)18-16(11-17)6-8-19(3)9-7-16/h4-5,10H,6-9H2,1-3H3,(H,18,20). The van der Waals surface area contributed by atoms with Gasteiger partial charge in [-0.15, -0.1) is 0 Å². The molecule has 1 saturated heterocycles. The summed E-state index contributed by atoms with van der Waals surface area (Å²) in [6.07, 6.45) is 1.35. The summed E-state index contributed by atoms with van der Waals surface area (Å²) in [5.74, 6) is -0.145. The first-order chi connectivity index (χ1) is 9.46. The lowest BCUT2D eigenvalue weighted by atomic mass is 9.88. The van der Waals surface area contributed by atoms with Crippen LogP contribution in [0.3, 0.4) is 0 Å². The highest BCUT2D eigenvalue weighted by molar-refractivity contribution is 5.96. The number of nitrogens with one attached hydrogen (secondary N) is 1. The molecule has 4 heteroatoms. The van der Waals surface area contributed by atoms with Gasteiger partial charge < -0.3 is 10.2 Å². The van der Waals surface area contributed by atoms with Crippen molar-refractivity contribution in [1.29, 1.82) is 5.26 Å². The molecule has 0 aliphatic carbocycles. The number of hydrogen-bond donors (Lipinski definition) is 1. The predicted octanol–water partition coefficient (Wildman–Crippen LogP) is 2.02. The molecular weight excluding hydrogens is 250 g/mol. The van der Waals surface area contributed by atoms with Gasteiger partial charge in [0, 0.05) is 18.7 Å². The number of likely N-dealkylation sites (tertiary alicyclic amines) is 1. The van der Waals surface area contributed by atoms with Crippen LogP contribution in [0.1, 0.15) is 34.3 Å². The number of amides is 1. The van der Waals surface area contributed by atoms with Gasteiger partial charge in [0.25, 0.3) is 5.91 Å². The Morgan fingerprint density at radius 1 is 1.35 bits per heavy atom. The summed E-state index contributed by atoms with van der Waals surface area (Å²) < 4.78 is 0. The van der Waals surface area contributed by atoms with Crippen molar-refractivity contribution in [2.45, 2.75) is 32.2 Å². The predicted molar refractivity (Wildman–Crippen MR) is 78.5 cm³/mol. The zero-order valence-corrected chi connectivity index (χ0v) is 12.4. The van der Waals surface area contributed by atoms with E-state index < -0.39 is 5.54 Å². The SMILES string of the molecule is Cc1ccc(C(=O)NC2(C#N)CCN(C)CC2)c(C)c1. The van der Waals surface area contributed by atoms with Crippen LogP contribution in [-0.2, 0) is 0 Å². The van der Waals surface area contributed by atoms with Crippen molar-refractivity contribution >= 4 is 5.91 Å². The lowest BCUT2D eigenvalue weighted by Gasteiger charge is -2.36. The third-order valence-electron chi connectivity index (χ3n) is 4.03. The van der Waals surface area contributed by atoms with Crippen LogP contribution < -0.4 is 5.32 Å². The van der Waals surface area contributed by atoms with Crippen molar-refractivity contribution in [2.75, 3.05) is 20.1 Å². The molecular formula is C16H21N3O. The van der Waals surface area contributed by atoms with Gasteiger partial charge in [-0.25, -0.2) is 0 Å². The number of aryl methyl sites for hydroxylation is 2. The molecule has 1 N–H and O–H groups in total. The van der Waals surface area contributed by atoms with Gasteiger partial charge in [0.1, 0.15) is 5.54 Å². The first kappa shape index (κ1) is 14.5. The molecule has 106 valence electrons. The largest absolute Gasteiger partial charge is 0.334 e. The lowest BCUT2D eigenvalue weighted by molar-refractivity contribution is 0.0881. The van der Waals surface area contributed by atoms with Crippen LogP contribution >= 0.6 is 0 Å². The molecule has 1 heterocycles. The summed E-state index contributed by atoms with van der Waals surface area (Å²) in [6, 6.07) is 8.06. The van der Waals surface area contributed by atoms with Gasteiger partial charge in [-0.1, -0.05) is 17.7 Å². The molecule has 1 aromatic carbocycles. The molecule has 0 atom stereocenters. The Morgan fingerprint density at radius 2 is 2.00 bits per heavy atom. The molecule has 2 rings (SSSR count). The average molecular weight is 271 g/mol. The minimum absolute atomic E-state index is 0.145. The molecule has 1 amide bonds. The van der Waals surface area contributed by atoms with Gasteiger partial charge in [-0.05, 0) is 45.4 Å². The Morgan fingerprint density at radius 3 is 2.55 bits per heavy atom. The summed E-state index contributed by atoms with van der Waals surface area (Å²) in [6.45, 7) is 5.60. The number of carbonyl (C=O) groups is 1. The third kappa shape index (κ3) is 3.00.